The summed E-state index contributed by atoms with van der Waals surface area (Å²) >= 11 is 0. The van der Waals surface area contributed by atoms with E-state index < -0.39 is 0 Å². The van der Waals surface area contributed by atoms with Crippen molar-refractivity contribution in [3.63, 3.8) is 0 Å². The van der Waals surface area contributed by atoms with E-state index >= 15 is 0 Å². The van der Waals surface area contributed by atoms with Gasteiger partial charge in [-0.2, -0.15) is 0 Å². The van der Waals surface area contributed by atoms with Gasteiger partial charge >= 0.3 is 0 Å². The van der Waals surface area contributed by atoms with Crippen LogP contribution >= 0.6 is 0 Å². The summed E-state index contributed by atoms with van der Waals surface area (Å²) in [7, 11) is 0. The molecule has 1 heterocycles. The van der Waals surface area contributed by atoms with Crippen LogP contribution in [0.25, 0.3) is 10.8 Å². The highest BCUT2D eigenvalue weighted by Crippen LogP contribution is 2.31. The fourth-order valence-corrected chi connectivity index (χ4v) is 6.30. The number of aryl methyl sites for hydroxylation is 2. The summed E-state index contributed by atoms with van der Waals surface area (Å²) in [6.07, 6.45) is 2.02. The number of ether oxygens (including phenoxy) is 2. The molecule has 0 aromatic heterocycles. The average Bonchev–Trinajstić information content (AvgIpc) is 3.00. The van der Waals surface area contributed by atoms with Gasteiger partial charge in [-0.3, -0.25) is 4.79 Å². The number of carbonyl (C=O) groups excluding carboxylic acids is 1. The number of unbranched alkanes of at least 4 members (excludes halogenated alkanes) is 1. The second-order valence-electron chi connectivity index (χ2n) is 11.8. The van der Waals surface area contributed by atoms with Gasteiger partial charge in [0.2, 0.25) is 0 Å². The number of fused-ring (bicyclic) bond motifs is 2. The first-order valence-corrected chi connectivity index (χ1v) is 15.5. The zero-order valence-corrected chi connectivity index (χ0v) is 27.7. The van der Waals surface area contributed by atoms with Gasteiger partial charge < -0.3 is 35.8 Å². The number of nitrogens with zero attached hydrogens (tertiary/aromatic N) is 2. The number of hydrogen-bond acceptors (Lipinski definition) is 3. The monoisotopic (exact) mass is 644 g/mol. The van der Waals surface area contributed by atoms with Crippen LogP contribution in [0, 0.1) is 13.8 Å². The lowest BCUT2D eigenvalue weighted by molar-refractivity contribution is -0.938. The highest BCUT2D eigenvalue weighted by molar-refractivity contribution is 5.98. The second-order valence-corrected chi connectivity index (χ2v) is 11.8. The van der Waals surface area contributed by atoms with E-state index in [-0.39, 0.29) is 22.9 Å². The average molecular weight is 646 g/mol. The van der Waals surface area contributed by atoms with E-state index in [4.69, 9.17) is 9.47 Å². The maximum Gasteiger partial charge on any atom is 0.254 e. The van der Waals surface area contributed by atoms with Crippen LogP contribution in [0.2, 0.25) is 0 Å². The number of hydrogen-bond donors (Lipinski definition) is 0. The third-order valence-corrected chi connectivity index (χ3v) is 8.72. The molecule has 0 atom stereocenters. The van der Waals surface area contributed by atoms with Crippen LogP contribution in [0.5, 0.6) is 11.5 Å². The number of carbonyl (C=O) groups is 1. The zero-order valence-electron chi connectivity index (χ0n) is 26.1. The van der Waals surface area contributed by atoms with Crippen LogP contribution in [0.4, 0.5) is 0 Å². The molecule has 0 spiro atoms. The predicted molar refractivity (Wildman–Crippen MR) is 171 cm³/mol. The molecule has 1 aliphatic rings. The molecule has 1 amide bonds. The molecular weight excluding hydrogens is 600 g/mol. The predicted octanol–water partition coefficient (Wildman–Crippen LogP) is 4.71. The lowest BCUT2D eigenvalue weighted by atomic mass is 10.0. The van der Waals surface area contributed by atoms with Gasteiger partial charge in [0, 0.05) is 24.2 Å². The molecule has 0 saturated heterocycles. The van der Waals surface area contributed by atoms with Crippen molar-refractivity contribution in [1.82, 2.24) is 4.90 Å². The first-order chi connectivity index (χ1) is 20.4. The Morgan fingerprint density at radius 3 is 2.19 bits per heavy atom. The standard InChI is InChI=1S/C37H45N2O3.BrH/c1-5-39(6-2,27-31-22-28(3)21-29(4)23-31)18-10-9-17-38(26-30-13-16-35-36(24-30)42-20-19-41-35)37(40)34-15-14-32-11-7-8-12-33(32)25-34;/h7-8,11-16,21-25H,5-6,9-10,17-20,26-27H2,1-4H3;1H/q+1;/p-1. The largest absolute Gasteiger partial charge is 1.00 e. The normalized spacial score (nSPS) is 12.6. The van der Waals surface area contributed by atoms with E-state index in [0.29, 0.717) is 26.3 Å². The fraction of sp³-hybridized carbons (Fsp3) is 0.378. The Bertz CT molecular complexity index is 1510. The summed E-state index contributed by atoms with van der Waals surface area (Å²) in [5, 5.41) is 2.23. The summed E-state index contributed by atoms with van der Waals surface area (Å²) in [5.41, 5.74) is 5.86. The van der Waals surface area contributed by atoms with E-state index in [1.807, 2.05) is 53.4 Å². The molecule has 0 saturated carbocycles. The van der Waals surface area contributed by atoms with Gasteiger partial charge in [0.05, 0.1) is 19.6 Å². The minimum absolute atomic E-state index is 0. The summed E-state index contributed by atoms with van der Waals surface area (Å²) in [4.78, 5) is 16.0. The molecular formula is C37H45BrN2O3. The van der Waals surface area contributed by atoms with Crippen molar-refractivity contribution in [2.75, 3.05) is 39.4 Å². The number of benzene rings is 4. The van der Waals surface area contributed by atoms with Crippen LogP contribution in [0.1, 0.15) is 59.3 Å². The minimum atomic E-state index is 0. The minimum Gasteiger partial charge on any atom is -1.00 e. The molecule has 6 heteroatoms. The van der Waals surface area contributed by atoms with Gasteiger partial charge in [-0.25, -0.2) is 0 Å². The Morgan fingerprint density at radius 2 is 1.47 bits per heavy atom. The Balaban J connectivity index is 0.00000423. The third kappa shape index (κ3) is 8.18. The van der Waals surface area contributed by atoms with Crippen LogP contribution in [-0.4, -0.2) is 54.7 Å². The Kier molecular flexibility index (Phi) is 11.3. The molecule has 0 N–H and O–H groups in total. The van der Waals surface area contributed by atoms with Crippen LogP contribution in [0.15, 0.2) is 78.9 Å². The van der Waals surface area contributed by atoms with Crippen molar-refractivity contribution in [3.8, 4) is 11.5 Å². The molecule has 1 aliphatic heterocycles. The SMILES string of the molecule is CC[N+](CC)(CCCCN(Cc1ccc2c(c1)OCCO2)C(=O)c1ccc2ccccc2c1)Cc1cc(C)cc(C)c1.[Br-]. The zero-order chi connectivity index (χ0) is 29.5. The maximum absolute atomic E-state index is 14.0. The van der Waals surface area contributed by atoms with Gasteiger partial charge in [-0.05, 0) is 81.1 Å². The van der Waals surface area contributed by atoms with E-state index in [2.05, 4.69) is 58.0 Å². The number of rotatable bonds is 12. The van der Waals surface area contributed by atoms with E-state index in [0.717, 1.165) is 76.9 Å². The summed E-state index contributed by atoms with van der Waals surface area (Å²) in [5.74, 6) is 1.60. The molecule has 0 radical (unpaired) electrons. The number of quaternary nitrogens is 1. The molecule has 4 aromatic carbocycles. The quantitative estimate of drug-likeness (QED) is 0.166. The van der Waals surface area contributed by atoms with Crippen molar-refractivity contribution >= 4 is 16.7 Å². The van der Waals surface area contributed by atoms with Crippen molar-refractivity contribution in [3.05, 3.63) is 107 Å². The first kappa shape index (κ1) is 32.6. The molecule has 0 fully saturated rings. The smallest absolute Gasteiger partial charge is 0.254 e. The van der Waals surface area contributed by atoms with E-state index in [1.165, 1.54) is 16.7 Å². The van der Waals surface area contributed by atoms with Crippen molar-refractivity contribution in [2.24, 2.45) is 0 Å². The fourth-order valence-electron chi connectivity index (χ4n) is 6.30. The van der Waals surface area contributed by atoms with Gasteiger partial charge in [0.25, 0.3) is 5.91 Å². The molecule has 43 heavy (non-hydrogen) atoms. The summed E-state index contributed by atoms with van der Waals surface area (Å²) < 4.78 is 12.6. The van der Waals surface area contributed by atoms with Crippen LogP contribution in [-0.2, 0) is 13.1 Å². The molecule has 4 aromatic rings. The first-order valence-electron chi connectivity index (χ1n) is 15.5. The van der Waals surface area contributed by atoms with Crippen LogP contribution < -0.4 is 26.5 Å². The van der Waals surface area contributed by atoms with Crippen molar-refractivity contribution < 1.29 is 35.7 Å². The van der Waals surface area contributed by atoms with Crippen molar-refractivity contribution in [2.45, 2.75) is 53.6 Å². The maximum atomic E-state index is 14.0. The van der Waals surface area contributed by atoms with Gasteiger partial charge in [-0.1, -0.05) is 65.7 Å². The van der Waals surface area contributed by atoms with E-state index in [1.54, 1.807) is 0 Å². The second kappa shape index (κ2) is 14.9. The number of halogens is 1. The topological polar surface area (TPSA) is 38.8 Å². The molecule has 228 valence electrons. The van der Waals surface area contributed by atoms with Gasteiger partial charge in [0.1, 0.15) is 19.8 Å². The summed E-state index contributed by atoms with van der Waals surface area (Å²) in [6.45, 7) is 15.7. The van der Waals surface area contributed by atoms with Crippen LogP contribution in [0.3, 0.4) is 0 Å². The molecule has 0 bridgehead atoms. The van der Waals surface area contributed by atoms with E-state index in [9.17, 15) is 4.79 Å². The lowest BCUT2D eigenvalue weighted by Gasteiger charge is -2.37. The third-order valence-electron chi connectivity index (χ3n) is 8.72. The molecule has 0 aliphatic carbocycles. The van der Waals surface area contributed by atoms with Gasteiger partial charge in [0.15, 0.2) is 11.5 Å². The lowest BCUT2D eigenvalue weighted by Crippen LogP contribution is -3.00. The van der Waals surface area contributed by atoms with Gasteiger partial charge in [-0.15, -0.1) is 0 Å². The number of amides is 1. The Labute approximate surface area is 267 Å². The van der Waals surface area contributed by atoms with Crippen molar-refractivity contribution in [1.29, 1.82) is 0 Å². The highest BCUT2D eigenvalue weighted by atomic mass is 79.9. The Hall–Kier alpha value is -3.35. The molecule has 0 unspecified atom stereocenters. The molecule has 5 rings (SSSR count). The Morgan fingerprint density at radius 1 is 0.767 bits per heavy atom. The highest BCUT2D eigenvalue weighted by Gasteiger charge is 2.25. The molecule has 5 nitrogen and oxygen atoms in total. The summed E-state index contributed by atoms with van der Waals surface area (Å²) in [6, 6.07) is 27.2.